The molecule has 2 amide bonds. The summed E-state index contributed by atoms with van der Waals surface area (Å²) in [5, 5.41) is 28.5. The number of thiol groups is 1. The Morgan fingerprint density at radius 2 is 1.61 bits per heavy atom. The van der Waals surface area contributed by atoms with Crippen LogP contribution >= 0.6 is 12.6 Å². The highest BCUT2D eigenvalue weighted by molar-refractivity contribution is 7.80. The molecule has 0 aromatic carbocycles. The molecular weight excluding hydrogens is 580 g/mol. The summed E-state index contributed by atoms with van der Waals surface area (Å²) in [4.78, 5) is 51.4. The summed E-state index contributed by atoms with van der Waals surface area (Å²) in [6, 6.07) is -0.332. The van der Waals surface area contributed by atoms with Crippen molar-refractivity contribution in [2.75, 3.05) is 5.75 Å². The molecular formula is C33H42N4O6S. The fraction of sp³-hybridized carbons (Fsp3) is 0.455. The van der Waals surface area contributed by atoms with Gasteiger partial charge in [0.25, 0.3) is 5.91 Å². The molecule has 3 aliphatic heterocycles. The average molecular weight is 623 g/mol. The Kier molecular flexibility index (Phi) is 10.3. The number of allylic oxidation sites excluding steroid dienone is 2. The summed E-state index contributed by atoms with van der Waals surface area (Å²) in [5.41, 5.74) is 8.18. The van der Waals surface area contributed by atoms with Crippen molar-refractivity contribution in [1.29, 1.82) is 0 Å². The third-order valence-corrected chi connectivity index (χ3v) is 9.43. The molecule has 10 nitrogen and oxygen atoms in total. The van der Waals surface area contributed by atoms with E-state index in [-0.39, 0.29) is 48.6 Å². The average Bonchev–Trinajstić information content (AvgIpc) is 3.60. The molecule has 1 saturated heterocycles. The minimum absolute atomic E-state index is 0.00706. The number of rotatable bonds is 13. The zero-order valence-corrected chi connectivity index (χ0v) is 26.6. The standard InChI is InChI=1S/C33H42N4O6S/c1-6-20-16(2)26(36-33(20)43)13-24-17(3)21(7-9-30(38)39)27(34-24)15-28-22(8-10-31(40)41)18(4)25(35-28)14-29-23(11-12-44)19(5)32(42)37-29/h6,14-15,19,23-24,26,34-35,44H,1,7-13H2,2-5H3,(H,36,43)(H,37,42)(H,38,39)(H,40,41)/b27-15-,29-14-/t19-,23-,24?,26-/m1/s1. The molecule has 4 atom stereocenters. The van der Waals surface area contributed by atoms with Gasteiger partial charge in [-0.2, -0.15) is 12.6 Å². The van der Waals surface area contributed by atoms with Gasteiger partial charge < -0.3 is 31.1 Å². The highest BCUT2D eigenvalue weighted by atomic mass is 32.1. The number of hydrogen-bond donors (Lipinski definition) is 7. The summed E-state index contributed by atoms with van der Waals surface area (Å²) in [6.07, 6.45) is 7.25. The van der Waals surface area contributed by atoms with Gasteiger partial charge in [0.15, 0.2) is 0 Å². The Bertz CT molecular complexity index is 1510. The normalized spacial score (nSPS) is 25.2. The second-order valence-corrected chi connectivity index (χ2v) is 12.3. The number of carboxylic acid groups (broad SMARTS) is 2. The highest BCUT2D eigenvalue weighted by Crippen LogP contribution is 2.36. The molecule has 4 rings (SSSR count). The molecule has 236 valence electrons. The first kappa shape index (κ1) is 32.9. The monoisotopic (exact) mass is 622 g/mol. The van der Waals surface area contributed by atoms with E-state index in [0.29, 0.717) is 30.6 Å². The lowest BCUT2D eigenvalue weighted by atomic mass is 9.91. The first-order valence-corrected chi connectivity index (χ1v) is 15.6. The third-order valence-electron chi connectivity index (χ3n) is 9.17. The molecule has 6 N–H and O–H groups in total. The van der Waals surface area contributed by atoms with Gasteiger partial charge in [-0.05, 0) is 92.2 Å². The Labute approximate surface area is 263 Å². The molecule has 0 spiro atoms. The lowest BCUT2D eigenvalue weighted by molar-refractivity contribution is -0.138. The second-order valence-electron chi connectivity index (χ2n) is 11.8. The summed E-state index contributed by atoms with van der Waals surface area (Å²) in [7, 11) is 0. The molecule has 1 aromatic rings. The maximum absolute atomic E-state index is 12.5. The molecule has 3 aliphatic rings. The predicted octanol–water partition coefficient (Wildman–Crippen LogP) is 4.27. The van der Waals surface area contributed by atoms with Crippen LogP contribution in [0.1, 0.15) is 75.4 Å². The van der Waals surface area contributed by atoms with Crippen LogP contribution in [0.5, 0.6) is 0 Å². The fourth-order valence-electron chi connectivity index (χ4n) is 6.46. The fourth-order valence-corrected chi connectivity index (χ4v) is 6.74. The van der Waals surface area contributed by atoms with E-state index in [1.807, 2.05) is 39.8 Å². The number of aliphatic carboxylic acids is 2. The lowest BCUT2D eigenvalue weighted by Gasteiger charge is -2.20. The van der Waals surface area contributed by atoms with Crippen LogP contribution in [-0.4, -0.2) is 56.8 Å². The van der Waals surface area contributed by atoms with Crippen LogP contribution in [-0.2, 0) is 25.6 Å². The zero-order chi connectivity index (χ0) is 32.3. The van der Waals surface area contributed by atoms with Crippen LogP contribution in [0.3, 0.4) is 0 Å². The summed E-state index contributed by atoms with van der Waals surface area (Å²) in [6.45, 7) is 11.5. The Hall–Kier alpha value is -3.99. The van der Waals surface area contributed by atoms with Gasteiger partial charge in [-0.3, -0.25) is 19.2 Å². The van der Waals surface area contributed by atoms with Crippen LogP contribution in [0, 0.1) is 18.8 Å². The van der Waals surface area contributed by atoms with Crippen molar-refractivity contribution in [1.82, 2.24) is 20.9 Å². The van der Waals surface area contributed by atoms with Crippen LogP contribution in [0.2, 0.25) is 0 Å². The zero-order valence-electron chi connectivity index (χ0n) is 25.7. The second kappa shape index (κ2) is 13.8. The molecule has 1 aromatic heterocycles. The first-order chi connectivity index (χ1) is 20.9. The molecule has 4 heterocycles. The number of amides is 2. The van der Waals surface area contributed by atoms with Crippen LogP contribution in [0.25, 0.3) is 12.2 Å². The molecule has 0 radical (unpaired) electrons. The molecule has 1 fully saturated rings. The van der Waals surface area contributed by atoms with E-state index >= 15 is 0 Å². The van der Waals surface area contributed by atoms with Gasteiger partial charge in [-0.25, -0.2) is 0 Å². The van der Waals surface area contributed by atoms with Crippen molar-refractivity contribution in [3.05, 3.63) is 68.9 Å². The number of aromatic nitrogens is 1. The lowest BCUT2D eigenvalue weighted by Crippen LogP contribution is -2.36. The minimum Gasteiger partial charge on any atom is -0.481 e. The van der Waals surface area contributed by atoms with Crippen LogP contribution in [0.4, 0.5) is 0 Å². The van der Waals surface area contributed by atoms with E-state index in [9.17, 15) is 29.4 Å². The molecule has 44 heavy (non-hydrogen) atoms. The number of carbonyl (C=O) groups is 4. The maximum atomic E-state index is 12.5. The topological polar surface area (TPSA) is 161 Å². The van der Waals surface area contributed by atoms with E-state index in [2.05, 4.69) is 40.1 Å². The van der Waals surface area contributed by atoms with Crippen molar-refractivity contribution in [2.45, 2.75) is 78.3 Å². The minimum atomic E-state index is -0.910. The van der Waals surface area contributed by atoms with Gasteiger partial charge in [0.05, 0.1) is 6.04 Å². The number of nitrogens with one attached hydrogen (secondary N) is 4. The molecule has 0 bridgehead atoms. The van der Waals surface area contributed by atoms with Crippen molar-refractivity contribution >= 4 is 48.5 Å². The quantitative estimate of drug-likeness (QED) is 0.162. The van der Waals surface area contributed by atoms with Crippen molar-refractivity contribution in [2.24, 2.45) is 11.8 Å². The van der Waals surface area contributed by atoms with E-state index in [1.54, 1.807) is 6.08 Å². The smallest absolute Gasteiger partial charge is 0.303 e. The summed E-state index contributed by atoms with van der Waals surface area (Å²) in [5.74, 6) is -1.53. The molecule has 11 heteroatoms. The first-order valence-electron chi connectivity index (χ1n) is 15.0. The highest BCUT2D eigenvalue weighted by Gasteiger charge is 2.36. The Morgan fingerprint density at radius 1 is 0.955 bits per heavy atom. The van der Waals surface area contributed by atoms with Gasteiger partial charge in [-0.15, -0.1) is 0 Å². The Balaban J connectivity index is 1.74. The SMILES string of the molecule is C=CC1=C(C)[C@@H](CC2N/C(=C\c3[nH]c(/C=C4\NC(=O)[C@H](C)[C@H]4CCS)c(C)c3CCC(=O)O)C(CCC(=O)O)=C2C)NC1=O. The van der Waals surface area contributed by atoms with Gasteiger partial charge in [0.1, 0.15) is 0 Å². The van der Waals surface area contributed by atoms with Crippen molar-refractivity contribution in [3.63, 3.8) is 0 Å². The van der Waals surface area contributed by atoms with E-state index < -0.39 is 11.9 Å². The Morgan fingerprint density at radius 3 is 2.23 bits per heavy atom. The number of carbonyl (C=O) groups excluding carboxylic acids is 2. The molecule has 0 saturated carbocycles. The number of carboxylic acids is 2. The van der Waals surface area contributed by atoms with E-state index in [4.69, 9.17) is 0 Å². The molecule has 0 aliphatic carbocycles. The summed E-state index contributed by atoms with van der Waals surface area (Å²) < 4.78 is 0. The van der Waals surface area contributed by atoms with Crippen LogP contribution < -0.4 is 16.0 Å². The van der Waals surface area contributed by atoms with Gasteiger partial charge >= 0.3 is 11.9 Å². The van der Waals surface area contributed by atoms with Crippen molar-refractivity contribution in [3.8, 4) is 0 Å². The van der Waals surface area contributed by atoms with Gasteiger partial charge in [-0.1, -0.05) is 19.6 Å². The largest absolute Gasteiger partial charge is 0.481 e. The summed E-state index contributed by atoms with van der Waals surface area (Å²) >= 11 is 4.38. The van der Waals surface area contributed by atoms with E-state index in [1.165, 1.54) is 0 Å². The van der Waals surface area contributed by atoms with Gasteiger partial charge in [0, 0.05) is 59.1 Å². The van der Waals surface area contributed by atoms with Crippen molar-refractivity contribution < 1.29 is 29.4 Å². The predicted molar refractivity (Wildman–Crippen MR) is 173 cm³/mol. The van der Waals surface area contributed by atoms with E-state index in [0.717, 1.165) is 57.0 Å². The maximum Gasteiger partial charge on any atom is 0.303 e. The van der Waals surface area contributed by atoms with Gasteiger partial charge in [0.2, 0.25) is 5.91 Å². The third kappa shape index (κ3) is 6.88. The number of H-pyrrole nitrogens is 1. The van der Waals surface area contributed by atoms with Crippen LogP contribution in [0.15, 0.2) is 46.3 Å². The number of hydrogen-bond acceptors (Lipinski definition) is 6. The molecule has 1 unspecified atom stereocenters. The number of aromatic amines is 1.